The van der Waals surface area contributed by atoms with Gasteiger partial charge in [-0.25, -0.2) is 4.39 Å². The molecule has 10 nitrogen and oxygen atoms in total. The van der Waals surface area contributed by atoms with Crippen molar-refractivity contribution in [2.45, 2.75) is 81.6 Å². The van der Waals surface area contributed by atoms with Crippen molar-refractivity contribution in [3.63, 3.8) is 0 Å². The van der Waals surface area contributed by atoms with Crippen LogP contribution in [0.4, 0.5) is 4.39 Å². The minimum absolute atomic E-state index is 0.0362. The second kappa shape index (κ2) is 16.4. The maximum absolute atomic E-state index is 15.2. The summed E-state index contributed by atoms with van der Waals surface area (Å²) in [6, 6.07) is 16.8. The Morgan fingerprint density at radius 1 is 1.00 bits per heavy atom. The van der Waals surface area contributed by atoms with Crippen molar-refractivity contribution in [2.24, 2.45) is 0 Å². The van der Waals surface area contributed by atoms with Gasteiger partial charge in [0.25, 0.3) is 0 Å². The summed E-state index contributed by atoms with van der Waals surface area (Å²) in [6.07, 6.45) is 3.45. The smallest absolute Gasteiger partial charge is 0.303 e. The third-order valence-electron chi connectivity index (χ3n) is 9.79. The Balaban J connectivity index is 1.28. The van der Waals surface area contributed by atoms with Gasteiger partial charge in [-0.1, -0.05) is 36.1 Å². The first-order chi connectivity index (χ1) is 25.1. The van der Waals surface area contributed by atoms with Crippen molar-refractivity contribution in [1.29, 1.82) is 0 Å². The van der Waals surface area contributed by atoms with E-state index in [4.69, 9.17) is 14.2 Å². The number of carbonyl (C=O) groups is 3. The van der Waals surface area contributed by atoms with E-state index in [0.717, 1.165) is 29.5 Å². The quantitative estimate of drug-likeness (QED) is 0.134. The predicted octanol–water partition coefficient (Wildman–Crippen LogP) is 6.05. The van der Waals surface area contributed by atoms with Crippen molar-refractivity contribution in [3.8, 4) is 29.1 Å². The summed E-state index contributed by atoms with van der Waals surface area (Å²) < 4.78 is 31.2. The molecule has 2 bridgehead atoms. The number of piperazine rings is 1. The van der Waals surface area contributed by atoms with Crippen LogP contribution < -0.4 is 19.5 Å². The number of methoxy groups -OCH3 is 2. The Kier molecular flexibility index (Phi) is 11.7. The molecule has 2 amide bonds. The van der Waals surface area contributed by atoms with E-state index in [9.17, 15) is 19.1 Å². The lowest BCUT2D eigenvalue weighted by molar-refractivity contribution is -0.151. The predicted molar refractivity (Wildman–Crippen MR) is 195 cm³/mol. The molecule has 12 heteroatoms. The molecule has 2 aliphatic heterocycles. The van der Waals surface area contributed by atoms with Crippen LogP contribution in [-0.4, -0.2) is 77.7 Å². The third kappa shape index (κ3) is 8.54. The van der Waals surface area contributed by atoms with Gasteiger partial charge in [0.1, 0.15) is 28.6 Å². The third-order valence-corrected chi connectivity index (χ3v) is 10.4. The van der Waals surface area contributed by atoms with Crippen LogP contribution in [0.5, 0.6) is 17.2 Å². The number of amides is 2. The molecule has 2 N–H and O–H groups in total. The number of benzene rings is 3. The van der Waals surface area contributed by atoms with Crippen LogP contribution in [0.3, 0.4) is 0 Å². The fraction of sp³-hybridized carbons (Fsp3) is 0.425. The molecule has 0 aromatic heterocycles. The molecule has 6 rings (SSSR count). The second-order valence-electron chi connectivity index (χ2n) is 13.5. The molecule has 2 fully saturated rings. The van der Waals surface area contributed by atoms with E-state index in [1.165, 1.54) is 12.1 Å². The molecule has 1 saturated heterocycles. The summed E-state index contributed by atoms with van der Waals surface area (Å²) in [5.41, 5.74) is 1.45. The average Bonchev–Trinajstić information content (AvgIpc) is 3.99. The minimum atomic E-state index is -1.24. The molecule has 2 heterocycles. The number of aryl methyl sites for hydroxylation is 1. The fourth-order valence-corrected chi connectivity index (χ4v) is 7.48. The minimum Gasteiger partial charge on any atom is -0.497 e. The number of halogens is 2. The number of fused-ring (bicyclic) bond motifs is 2. The number of hydrogen-bond acceptors (Lipinski definition) is 7. The lowest BCUT2D eigenvalue weighted by Gasteiger charge is -2.53. The number of nitrogens with zero attached hydrogens (tertiary/aromatic N) is 2. The van der Waals surface area contributed by atoms with Crippen LogP contribution in [0.25, 0.3) is 0 Å². The van der Waals surface area contributed by atoms with Crippen LogP contribution in [0.1, 0.15) is 67.7 Å². The molecule has 3 aromatic rings. The highest BCUT2D eigenvalue weighted by Gasteiger charge is 2.57. The van der Waals surface area contributed by atoms with Gasteiger partial charge in [0.2, 0.25) is 11.8 Å². The zero-order chi connectivity index (χ0) is 36.8. The van der Waals surface area contributed by atoms with Gasteiger partial charge in [-0.15, -0.1) is 0 Å². The normalized spacial score (nSPS) is 20.3. The number of carbonyl (C=O) groups excluding carboxylic acids is 2. The van der Waals surface area contributed by atoms with Crippen molar-refractivity contribution in [3.05, 3.63) is 87.6 Å². The Morgan fingerprint density at radius 3 is 2.40 bits per heavy atom. The first-order valence-corrected chi connectivity index (χ1v) is 18.4. The maximum atomic E-state index is 15.2. The number of ether oxygens (including phenoxy) is 3. The molecule has 0 spiro atoms. The summed E-state index contributed by atoms with van der Waals surface area (Å²) in [5.74, 6) is 6.47. The second-order valence-corrected chi connectivity index (χ2v) is 14.4. The maximum Gasteiger partial charge on any atom is 0.303 e. The van der Waals surface area contributed by atoms with Crippen LogP contribution in [0.2, 0.25) is 0 Å². The number of rotatable bonds is 16. The lowest BCUT2D eigenvalue weighted by Crippen LogP contribution is -2.73. The van der Waals surface area contributed by atoms with Gasteiger partial charge in [0, 0.05) is 50.5 Å². The molecule has 274 valence electrons. The Bertz CT molecular complexity index is 1840. The van der Waals surface area contributed by atoms with E-state index < -0.39 is 23.6 Å². The van der Waals surface area contributed by atoms with Crippen LogP contribution in [0, 0.1) is 17.7 Å². The Labute approximate surface area is 311 Å². The van der Waals surface area contributed by atoms with E-state index in [0.29, 0.717) is 47.7 Å². The van der Waals surface area contributed by atoms with Crippen molar-refractivity contribution in [1.82, 2.24) is 15.1 Å². The summed E-state index contributed by atoms with van der Waals surface area (Å²) in [4.78, 5) is 44.1. The van der Waals surface area contributed by atoms with Gasteiger partial charge in [-0.2, -0.15) is 0 Å². The standard InChI is InChI=1S/C40H43BrFN3O7/c1-50-32-20-27(21-33(23-32)51-2)24-44(31-15-16-31)39(49)40-18-4-7-30(43-40)25-45(36(46)8-3-9-37(47)48)38(40)28-12-10-26(11-13-28)6-5-19-52-35-22-29(42)14-17-34(35)41/h10-14,17,20-23,30-31,38,43H,3,5-6,8-9,15-16,18-19,24-25H2,1-2H3,(H,47,48)/t30-,38?,40+/m0/s1. The van der Waals surface area contributed by atoms with Gasteiger partial charge >= 0.3 is 5.97 Å². The molecule has 3 aromatic carbocycles. The average molecular weight is 777 g/mol. The van der Waals surface area contributed by atoms with E-state index >= 15 is 4.79 Å². The largest absolute Gasteiger partial charge is 0.497 e. The molecule has 0 radical (unpaired) electrons. The zero-order valence-corrected chi connectivity index (χ0v) is 30.9. The monoisotopic (exact) mass is 775 g/mol. The number of carboxylic acids is 1. The highest BCUT2D eigenvalue weighted by molar-refractivity contribution is 9.10. The van der Waals surface area contributed by atoms with Crippen molar-refractivity contribution in [2.75, 3.05) is 27.4 Å². The van der Waals surface area contributed by atoms with Gasteiger partial charge < -0.3 is 29.1 Å². The van der Waals surface area contributed by atoms with Crippen molar-refractivity contribution < 1.29 is 38.1 Å². The number of carboxylic acid groups (broad SMARTS) is 1. The van der Waals surface area contributed by atoms with Crippen molar-refractivity contribution >= 4 is 33.7 Å². The number of hydrogen-bond donors (Lipinski definition) is 2. The summed E-state index contributed by atoms with van der Waals surface area (Å²) >= 11 is 3.39. The molecule has 1 saturated carbocycles. The van der Waals surface area contributed by atoms with Gasteiger partial charge in [0.15, 0.2) is 0 Å². The Hall–Kier alpha value is -4.60. The van der Waals surface area contributed by atoms with E-state index in [2.05, 4.69) is 33.1 Å². The molecular weight excluding hydrogens is 733 g/mol. The molecule has 3 atom stereocenters. The summed E-state index contributed by atoms with van der Waals surface area (Å²) in [6.45, 7) is 0.984. The van der Waals surface area contributed by atoms with Gasteiger partial charge in [0.05, 0.1) is 37.4 Å². The summed E-state index contributed by atoms with van der Waals surface area (Å²) in [7, 11) is 3.18. The molecule has 3 aliphatic rings. The fourth-order valence-electron chi connectivity index (χ4n) is 7.12. The van der Waals surface area contributed by atoms with Crippen LogP contribution in [-0.2, 0) is 27.3 Å². The molecule has 52 heavy (non-hydrogen) atoms. The number of nitrogens with one attached hydrogen (secondary N) is 1. The van der Waals surface area contributed by atoms with Crippen LogP contribution >= 0.6 is 15.9 Å². The highest BCUT2D eigenvalue weighted by Crippen LogP contribution is 2.44. The van der Waals surface area contributed by atoms with E-state index in [-0.39, 0.29) is 55.9 Å². The SMILES string of the molecule is COc1cc(CN(C(=O)[C@@]23CC#C[C@@H](CN(C(=O)CCCC(=O)O)C2c2ccc(CCCOc4cc(F)ccc4Br)cc2)N3)C2CC2)cc(OC)c1. The first kappa shape index (κ1) is 37.2. The molecule has 1 unspecified atom stereocenters. The number of aliphatic carboxylic acids is 1. The van der Waals surface area contributed by atoms with Gasteiger partial charge in [-0.05, 0) is 89.0 Å². The van der Waals surface area contributed by atoms with E-state index in [1.54, 1.807) is 31.3 Å². The molecule has 1 aliphatic carbocycles. The molecular formula is C40H43BrFN3O7. The lowest BCUT2D eigenvalue weighted by atomic mass is 9.75. The Morgan fingerprint density at radius 2 is 1.73 bits per heavy atom. The zero-order valence-electron chi connectivity index (χ0n) is 29.3. The first-order valence-electron chi connectivity index (χ1n) is 17.6. The van der Waals surface area contributed by atoms with Gasteiger partial charge in [-0.3, -0.25) is 19.7 Å². The topological polar surface area (TPSA) is 118 Å². The van der Waals surface area contributed by atoms with E-state index in [1.807, 2.05) is 41.3 Å². The van der Waals surface area contributed by atoms with Crippen LogP contribution in [0.15, 0.2) is 65.1 Å². The summed E-state index contributed by atoms with van der Waals surface area (Å²) in [5, 5.41) is 12.9. The highest BCUT2D eigenvalue weighted by atomic mass is 79.9.